The van der Waals surface area contributed by atoms with Gasteiger partial charge in [-0.25, -0.2) is 0 Å². The molecule has 114 valence electrons. The molecule has 0 bridgehead atoms. The van der Waals surface area contributed by atoms with E-state index in [1.54, 1.807) is 14.2 Å². The largest absolute Gasteiger partial charge is 0.541 e. The van der Waals surface area contributed by atoms with Gasteiger partial charge in [0.15, 0.2) is 11.5 Å². The average molecular weight is 300 g/mol. The molecule has 0 spiro atoms. The van der Waals surface area contributed by atoms with Gasteiger partial charge >= 0.3 is 8.80 Å². The number of methoxy groups -OCH3 is 2. The van der Waals surface area contributed by atoms with Gasteiger partial charge in [0.2, 0.25) is 0 Å². The molecular formula is C14H24O5Si. The fourth-order valence-electron chi connectivity index (χ4n) is 2.06. The Morgan fingerprint density at radius 3 is 1.80 bits per heavy atom. The van der Waals surface area contributed by atoms with Crippen molar-refractivity contribution in [3.05, 3.63) is 18.2 Å². The summed E-state index contributed by atoms with van der Waals surface area (Å²) in [6.45, 7) is 7.29. The molecule has 0 saturated carbocycles. The molecular weight excluding hydrogens is 276 g/mol. The lowest BCUT2D eigenvalue weighted by Crippen LogP contribution is -2.57. The highest BCUT2D eigenvalue weighted by atomic mass is 28.4. The molecule has 0 aliphatic carbocycles. The van der Waals surface area contributed by atoms with E-state index in [0.29, 0.717) is 31.3 Å². The fourth-order valence-corrected chi connectivity index (χ4v) is 4.72. The molecule has 0 atom stereocenters. The molecule has 5 nitrogen and oxygen atoms in total. The van der Waals surface area contributed by atoms with Gasteiger partial charge in [-0.3, -0.25) is 0 Å². The fraction of sp³-hybridized carbons (Fsp3) is 0.571. The first kappa shape index (κ1) is 17.0. The molecule has 6 heteroatoms. The van der Waals surface area contributed by atoms with Crippen LogP contribution in [0.1, 0.15) is 20.8 Å². The summed E-state index contributed by atoms with van der Waals surface area (Å²) in [6, 6.07) is 5.63. The molecule has 0 fully saturated rings. The Morgan fingerprint density at radius 2 is 1.40 bits per heavy atom. The number of para-hydroxylation sites is 1. The SMILES string of the molecule is CCO[Si](OCC)(OCC)c1cccc(OC)c1OC. The van der Waals surface area contributed by atoms with Gasteiger partial charge in [-0.1, -0.05) is 12.1 Å². The topological polar surface area (TPSA) is 46.2 Å². The summed E-state index contributed by atoms with van der Waals surface area (Å²) >= 11 is 0. The number of hydrogen-bond donors (Lipinski definition) is 0. The normalized spacial score (nSPS) is 11.4. The Labute approximate surface area is 122 Å². The number of rotatable bonds is 9. The molecule has 1 aromatic rings. The Morgan fingerprint density at radius 1 is 0.850 bits per heavy atom. The Balaban J connectivity index is 3.37. The Bertz CT molecular complexity index is 394. The van der Waals surface area contributed by atoms with Crippen molar-refractivity contribution < 1.29 is 22.8 Å². The lowest BCUT2D eigenvalue weighted by atomic mass is 10.3. The van der Waals surface area contributed by atoms with Gasteiger partial charge in [0.1, 0.15) is 0 Å². The molecule has 0 unspecified atom stereocenters. The summed E-state index contributed by atoms with van der Waals surface area (Å²) < 4.78 is 28.5. The second-order valence-electron chi connectivity index (χ2n) is 3.90. The first-order valence-electron chi connectivity index (χ1n) is 6.82. The maximum absolute atomic E-state index is 5.90. The van der Waals surface area contributed by atoms with Crippen LogP contribution in [0.4, 0.5) is 0 Å². The molecule has 0 aromatic heterocycles. The van der Waals surface area contributed by atoms with Gasteiger partial charge in [-0.15, -0.1) is 0 Å². The van der Waals surface area contributed by atoms with Gasteiger partial charge in [0, 0.05) is 19.8 Å². The summed E-state index contributed by atoms with van der Waals surface area (Å²) in [7, 11) is 0.216. The molecule has 0 amide bonds. The molecule has 1 aromatic carbocycles. The van der Waals surface area contributed by atoms with E-state index < -0.39 is 8.80 Å². The van der Waals surface area contributed by atoms with E-state index in [-0.39, 0.29) is 0 Å². The van der Waals surface area contributed by atoms with Crippen LogP contribution in [0.2, 0.25) is 0 Å². The predicted molar refractivity (Wildman–Crippen MR) is 79.8 cm³/mol. The van der Waals surface area contributed by atoms with E-state index >= 15 is 0 Å². The molecule has 0 aliphatic heterocycles. The number of ether oxygens (including phenoxy) is 2. The minimum atomic E-state index is -2.99. The van der Waals surface area contributed by atoms with Crippen LogP contribution in [0.25, 0.3) is 0 Å². The Hall–Kier alpha value is -1.08. The van der Waals surface area contributed by atoms with Crippen molar-refractivity contribution in [2.75, 3.05) is 34.0 Å². The third-order valence-corrected chi connectivity index (χ3v) is 5.80. The summed E-state index contributed by atoms with van der Waals surface area (Å²) in [4.78, 5) is 0. The molecule has 0 saturated heterocycles. The first-order valence-corrected chi connectivity index (χ1v) is 8.54. The van der Waals surface area contributed by atoms with Gasteiger partial charge < -0.3 is 22.8 Å². The van der Waals surface area contributed by atoms with E-state index in [1.165, 1.54) is 0 Å². The number of hydrogen-bond acceptors (Lipinski definition) is 5. The first-order chi connectivity index (χ1) is 9.68. The number of benzene rings is 1. The smallest absolute Gasteiger partial charge is 0.493 e. The third kappa shape index (κ3) is 3.52. The van der Waals surface area contributed by atoms with Gasteiger partial charge in [-0.05, 0) is 26.8 Å². The van der Waals surface area contributed by atoms with Crippen molar-refractivity contribution in [2.24, 2.45) is 0 Å². The lowest BCUT2D eigenvalue weighted by Gasteiger charge is -2.30. The third-order valence-electron chi connectivity index (χ3n) is 2.74. The van der Waals surface area contributed by atoms with E-state index in [0.717, 1.165) is 5.19 Å². The summed E-state index contributed by atoms with van der Waals surface area (Å²) in [6.07, 6.45) is 0. The van der Waals surface area contributed by atoms with Crippen LogP contribution in [0.3, 0.4) is 0 Å². The highest BCUT2D eigenvalue weighted by Crippen LogP contribution is 2.27. The molecule has 0 heterocycles. The maximum Gasteiger partial charge on any atom is 0.541 e. The van der Waals surface area contributed by atoms with Crippen LogP contribution >= 0.6 is 0 Å². The van der Waals surface area contributed by atoms with Crippen molar-refractivity contribution in [1.82, 2.24) is 0 Å². The van der Waals surface area contributed by atoms with E-state index in [4.69, 9.17) is 22.8 Å². The van der Waals surface area contributed by atoms with Crippen LogP contribution < -0.4 is 14.7 Å². The van der Waals surface area contributed by atoms with Crippen molar-refractivity contribution in [3.63, 3.8) is 0 Å². The molecule has 20 heavy (non-hydrogen) atoms. The minimum Gasteiger partial charge on any atom is -0.493 e. The van der Waals surface area contributed by atoms with E-state index in [1.807, 2.05) is 39.0 Å². The monoisotopic (exact) mass is 300 g/mol. The molecule has 0 aliphatic rings. The highest BCUT2D eigenvalue weighted by molar-refractivity contribution is 6.76. The van der Waals surface area contributed by atoms with Gasteiger partial charge in [0.25, 0.3) is 0 Å². The van der Waals surface area contributed by atoms with Crippen molar-refractivity contribution >= 4 is 14.0 Å². The zero-order valence-corrected chi connectivity index (χ0v) is 13.9. The Kier molecular flexibility index (Phi) is 7.01. The summed E-state index contributed by atoms with van der Waals surface area (Å²) in [5.41, 5.74) is 0. The van der Waals surface area contributed by atoms with Gasteiger partial charge in [0.05, 0.1) is 19.4 Å². The van der Waals surface area contributed by atoms with Crippen LogP contribution in [-0.2, 0) is 13.3 Å². The molecule has 0 radical (unpaired) electrons. The highest BCUT2D eigenvalue weighted by Gasteiger charge is 2.46. The molecule has 0 N–H and O–H groups in total. The van der Waals surface area contributed by atoms with Crippen LogP contribution in [0.5, 0.6) is 11.5 Å². The van der Waals surface area contributed by atoms with Crippen molar-refractivity contribution in [1.29, 1.82) is 0 Å². The predicted octanol–water partition coefficient (Wildman–Crippen LogP) is 1.96. The average Bonchev–Trinajstić information content (AvgIpc) is 2.47. The zero-order valence-electron chi connectivity index (χ0n) is 12.9. The maximum atomic E-state index is 5.90. The summed E-state index contributed by atoms with van der Waals surface area (Å²) in [5.74, 6) is 1.25. The molecule has 1 rings (SSSR count). The standard InChI is InChI=1S/C14H24O5Si/c1-6-17-20(18-7-2,19-8-3)13-11-9-10-12(15-4)14(13)16-5/h9-11H,6-8H2,1-5H3. The van der Waals surface area contributed by atoms with Crippen molar-refractivity contribution in [2.45, 2.75) is 20.8 Å². The summed E-state index contributed by atoms with van der Waals surface area (Å²) in [5, 5.41) is 0.796. The van der Waals surface area contributed by atoms with Crippen molar-refractivity contribution in [3.8, 4) is 11.5 Å². The second kappa shape index (κ2) is 8.26. The van der Waals surface area contributed by atoms with E-state index in [2.05, 4.69) is 0 Å². The van der Waals surface area contributed by atoms with Crippen LogP contribution in [0, 0.1) is 0 Å². The minimum absolute atomic E-state index is 0.507. The van der Waals surface area contributed by atoms with Gasteiger partial charge in [-0.2, -0.15) is 0 Å². The second-order valence-corrected chi connectivity index (χ2v) is 6.41. The quantitative estimate of drug-likeness (QED) is 0.652. The lowest BCUT2D eigenvalue weighted by molar-refractivity contribution is 0.0852. The van der Waals surface area contributed by atoms with Crippen LogP contribution in [0.15, 0.2) is 18.2 Å². The van der Waals surface area contributed by atoms with E-state index in [9.17, 15) is 0 Å². The van der Waals surface area contributed by atoms with Crippen LogP contribution in [-0.4, -0.2) is 42.8 Å². The zero-order chi connectivity index (χ0) is 15.0.